The Hall–Kier alpha value is -0.420. The van der Waals surface area contributed by atoms with Gasteiger partial charge in [-0.15, -0.1) is 34.3 Å². The molecule has 2 aromatic rings. The van der Waals surface area contributed by atoms with Crippen LogP contribution in [0.15, 0.2) is 22.9 Å². The molecule has 0 N–H and O–H groups in total. The molecule has 0 saturated carbocycles. The minimum atomic E-state index is 0.530. The molecule has 0 atom stereocenters. The van der Waals surface area contributed by atoms with Crippen LogP contribution in [0.4, 0.5) is 0 Å². The molecular formula is C15H21ClN2S2. The summed E-state index contributed by atoms with van der Waals surface area (Å²) in [7, 11) is 2.21. The summed E-state index contributed by atoms with van der Waals surface area (Å²) in [6.07, 6.45) is 4.69. The topological polar surface area (TPSA) is 16.1 Å². The minimum Gasteiger partial charge on any atom is -0.306 e. The second-order valence-corrected chi connectivity index (χ2v) is 7.20. The van der Waals surface area contributed by atoms with Gasteiger partial charge in [0.05, 0.1) is 16.6 Å². The van der Waals surface area contributed by atoms with Crippen molar-refractivity contribution < 1.29 is 0 Å². The third-order valence-electron chi connectivity index (χ3n) is 3.24. The van der Waals surface area contributed by atoms with Crippen LogP contribution < -0.4 is 0 Å². The number of nitrogens with zero attached hydrogens (tertiary/aromatic N) is 2. The van der Waals surface area contributed by atoms with Gasteiger partial charge in [0.1, 0.15) is 0 Å². The number of thiazole rings is 1. The number of hydrogen-bond donors (Lipinski definition) is 0. The fourth-order valence-corrected chi connectivity index (χ4v) is 3.82. The van der Waals surface area contributed by atoms with Crippen molar-refractivity contribution >= 4 is 34.3 Å². The highest BCUT2D eigenvalue weighted by Gasteiger charge is 2.03. The van der Waals surface area contributed by atoms with E-state index < -0.39 is 0 Å². The van der Waals surface area contributed by atoms with Crippen molar-refractivity contribution in [1.29, 1.82) is 0 Å². The van der Waals surface area contributed by atoms with E-state index >= 15 is 0 Å². The molecule has 0 unspecified atom stereocenters. The number of aryl methyl sites for hydroxylation is 1. The van der Waals surface area contributed by atoms with E-state index in [1.54, 1.807) is 11.3 Å². The van der Waals surface area contributed by atoms with Crippen LogP contribution in [-0.4, -0.2) is 30.0 Å². The van der Waals surface area contributed by atoms with Crippen LogP contribution in [-0.2, 0) is 18.7 Å². The van der Waals surface area contributed by atoms with Crippen molar-refractivity contribution in [2.75, 3.05) is 20.1 Å². The average Bonchev–Trinajstić information content (AvgIpc) is 3.12. The molecule has 0 bridgehead atoms. The number of thiophene rings is 1. The lowest BCUT2D eigenvalue weighted by Gasteiger charge is -2.15. The molecule has 2 heterocycles. The summed E-state index contributed by atoms with van der Waals surface area (Å²) < 4.78 is 0. The fraction of sp³-hybridized carbons (Fsp3) is 0.533. The Morgan fingerprint density at radius 1 is 1.20 bits per heavy atom. The molecule has 20 heavy (non-hydrogen) atoms. The number of rotatable bonds is 9. The van der Waals surface area contributed by atoms with E-state index in [-0.39, 0.29) is 0 Å². The van der Waals surface area contributed by atoms with Crippen LogP contribution in [0, 0.1) is 0 Å². The first-order chi connectivity index (χ1) is 9.78. The number of halogens is 1. The fourth-order valence-electron chi connectivity index (χ4n) is 2.05. The van der Waals surface area contributed by atoms with Gasteiger partial charge in [-0.05, 0) is 50.7 Å². The van der Waals surface area contributed by atoms with Crippen LogP contribution >= 0.6 is 34.3 Å². The van der Waals surface area contributed by atoms with Crippen LogP contribution in [0.25, 0.3) is 0 Å². The summed E-state index contributed by atoms with van der Waals surface area (Å²) in [6, 6.07) is 4.35. The first-order valence-corrected chi connectivity index (χ1v) is 9.27. The summed E-state index contributed by atoms with van der Waals surface area (Å²) in [6.45, 7) is 2.31. The van der Waals surface area contributed by atoms with E-state index in [0.29, 0.717) is 5.88 Å². The van der Waals surface area contributed by atoms with E-state index in [4.69, 9.17) is 11.6 Å². The van der Waals surface area contributed by atoms with Gasteiger partial charge in [0.15, 0.2) is 0 Å². The Bertz CT molecular complexity index is 482. The molecule has 0 aliphatic carbocycles. The lowest BCUT2D eigenvalue weighted by atomic mass is 10.2. The van der Waals surface area contributed by atoms with E-state index in [1.807, 2.05) is 11.3 Å². The quantitative estimate of drug-likeness (QED) is 0.499. The van der Waals surface area contributed by atoms with Crippen LogP contribution in [0.5, 0.6) is 0 Å². The van der Waals surface area contributed by atoms with Gasteiger partial charge in [-0.1, -0.05) is 6.07 Å². The van der Waals surface area contributed by atoms with Crippen LogP contribution in [0.1, 0.15) is 28.4 Å². The van der Waals surface area contributed by atoms with Gasteiger partial charge in [-0.25, -0.2) is 4.98 Å². The number of aromatic nitrogens is 1. The number of alkyl halides is 1. The first kappa shape index (κ1) is 16.0. The summed E-state index contributed by atoms with van der Waals surface area (Å²) in [5.74, 6) is 0.530. The summed E-state index contributed by atoms with van der Waals surface area (Å²) in [5, 5.41) is 5.44. The largest absolute Gasteiger partial charge is 0.306 e. The summed E-state index contributed by atoms with van der Waals surface area (Å²) in [4.78, 5) is 8.39. The molecule has 2 aromatic heterocycles. The van der Waals surface area contributed by atoms with Gasteiger partial charge in [-0.2, -0.15) is 0 Å². The molecule has 0 aliphatic heterocycles. The molecule has 0 spiro atoms. The Kier molecular flexibility index (Phi) is 7.00. The van der Waals surface area contributed by atoms with Crippen molar-refractivity contribution in [1.82, 2.24) is 9.88 Å². The van der Waals surface area contributed by atoms with Gasteiger partial charge in [-0.3, -0.25) is 0 Å². The first-order valence-electron chi connectivity index (χ1n) is 6.98. The molecule has 110 valence electrons. The molecule has 0 fully saturated rings. The zero-order valence-electron chi connectivity index (χ0n) is 11.8. The Balaban J connectivity index is 1.56. The molecule has 0 aliphatic rings. The van der Waals surface area contributed by atoms with Crippen LogP contribution in [0.3, 0.4) is 0 Å². The highest BCUT2D eigenvalue weighted by molar-refractivity contribution is 7.10. The monoisotopic (exact) mass is 328 g/mol. The molecule has 0 aromatic carbocycles. The Morgan fingerprint density at radius 2 is 2.10 bits per heavy atom. The second-order valence-electron chi connectivity index (χ2n) is 4.96. The van der Waals surface area contributed by atoms with E-state index in [9.17, 15) is 0 Å². The average molecular weight is 329 g/mol. The molecule has 2 nitrogen and oxygen atoms in total. The smallest absolute Gasteiger partial charge is 0.0928 e. The van der Waals surface area contributed by atoms with Crippen molar-refractivity contribution in [3.8, 4) is 0 Å². The van der Waals surface area contributed by atoms with Crippen LogP contribution in [0.2, 0.25) is 0 Å². The van der Waals surface area contributed by atoms with Crippen molar-refractivity contribution in [3.05, 3.63) is 38.5 Å². The molecular weight excluding hydrogens is 308 g/mol. The van der Waals surface area contributed by atoms with E-state index in [2.05, 4.69) is 39.8 Å². The standard InChI is InChI=1S/C15H21ClN2S2/c1-18(9-7-14-5-4-10-19-14)8-3-2-6-15-17-13(11-16)12-20-15/h4-5,10,12H,2-3,6-9,11H2,1H3. The summed E-state index contributed by atoms with van der Waals surface area (Å²) >= 11 is 9.34. The van der Waals surface area contributed by atoms with Crippen molar-refractivity contribution in [3.63, 3.8) is 0 Å². The third kappa shape index (κ3) is 5.52. The number of likely N-dealkylation sites (N-methyl/N-ethyl adjacent to an activating group) is 1. The zero-order chi connectivity index (χ0) is 14.2. The molecule has 0 radical (unpaired) electrons. The van der Waals surface area contributed by atoms with Crippen molar-refractivity contribution in [2.24, 2.45) is 0 Å². The molecule has 0 amide bonds. The minimum absolute atomic E-state index is 0.530. The van der Waals surface area contributed by atoms with E-state index in [0.717, 1.165) is 18.7 Å². The van der Waals surface area contributed by atoms with Gasteiger partial charge in [0.2, 0.25) is 0 Å². The molecule has 2 rings (SSSR count). The lowest BCUT2D eigenvalue weighted by molar-refractivity contribution is 0.331. The highest BCUT2D eigenvalue weighted by atomic mass is 35.5. The maximum absolute atomic E-state index is 5.76. The predicted octanol–water partition coefficient (Wildman–Crippen LogP) is 4.44. The third-order valence-corrected chi connectivity index (χ3v) is 5.40. The van der Waals surface area contributed by atoms with E-state index in [1.165, 1.54) is 35.7 Å². The zero-order valence-corrected chi connectivity index (χ0v) is 14.2. The Labute approximate surface area is 134 Å². The number of unbranched alkanes of at least 4 members (excludes halogenated alkanes) is 1. The number of hydrogen-bond acceptors (Lipinski definition) is 4. The maximum atomic E-state index is 5.76. The van der Waals surface area contributed by atoms with Gasteiger partial charge in [0, 0.05) is 16.8 Å². The SMILES string of the molecule is CN(CCCCc1nc(CCl)cs1)CCc1cccs1. The molecule has 5 heteroatoms. The van der Waals surface area contributed by atoms with Gasteiger partial charge < -0.3 is 4.90 Å². The normalized spacial score (nSPS) is 11.3. The second kappa shape index (κ2) is 8.78. The maximum Gasteiger partial charge on any atom is 0.0928 e. The Morgan fingerprint density at radius 3 is 2.80 bits per heavy atom. The summed E-state index contributed by atoms with van der Waals surface area (Å²) in [5.41, 5.74) is 1.01. The predicted molar refractivity (Wildman–Crippen MR) is 90.1 cm³/mol. The molecule has 0 saturated heterocycles. The highest BCUT2D eigenvalue weighted by Crippen LogP contribution is 2.14. The van der Waals surface area contributed by atoms with Gasteiger partial charge in [0.25, 0.3) is 0 Å². The lowest BCUT2D eigenvalue weighted by Crippen LogP contribution is -2.22. The van der Waals surface area contributed by atoms with Gasteiger partial charge >= 0.3 is 0 Å². The van der Waals surface area contributed by atoms with Crippen molar-refractivity contribution in [2.45, 2.75) is 31.6 Å².